The normalized spacial score (nSPS) is 12.6. The fourth-order valence-corrected chi connectivity index (χ4v) is 14.3. The second kappa shape index (κ2) is 22.4. The third-order valence-electron chi connectivity index (χ3n) is 19.1. The number of aromatic amines is 4. The van der Waals surface area contributed by atoms with Crippen molar-refractivity contribution in [3.63, 3.8) is 0 Å². The van der Waals surface area contributed by atoms with E-state index < -0.39 is 0 Å². The van der Waals surface area contributed by atoms with E-state index in [0.717, 1.165) is 203 Å². The number of hydrogen-bond acceptors (Lipinski definition) is 6. The molecule has 2 aliphatic rings. The van der Waals surface area contributed by atoms with Crippen LogP contribution >= 0.6 is 0 Å². The minimum absolute atomic E-state index is 0.761. The van der Waals surface area contributed by atoms with Gasteiger partial charge in [-0.2, -0.15) is 0 Å². The lowest BCUT2D eigenvalue weighted by atomic mass is 9.73. The number of nitrogens with one attached hydrogen (secondary N) is 4. The highest BCUT2D eigenvalue weighted by atomic mass is 14.9. The number of hydrogen-bond donors (Lipinski definition) is 4. The van der Waals surface area contributed by atoms with Crippen molar-refractivity contribution in [1.29, 1.82) is 0 Å². The molecule has 96 heavy (non-hydrogen) atoms. The average molecular weight is 1230 g/mol. The Hall–Kier alpha value is -12.9. The first-order valence-electron chi connectivity index (χ1n) is 32.5. The van der Waals surface area contributed by atoms with Crippen LogP contribution in [-0.4, -0.2) is 51.3 Å². The van der Waals surface area contributed by atoms with Gasteiger partial charge in [-0.3, -0.25) is 9.98 Å². The molecule has 0 spiro atoms. The summed E-state index contributed by atoms with van der Waals surface area (Å²) in [6.45, 7) is 0. The molecule has 13 aromatic carbocycles. The average Bonchev–Trinajstić information content (AvgIpc) is 1.18. The highest BCUT2D eigenvalue weighted by Gasteiger charge is 2.31. The summed E-state index contributed by atoms with van der Waals surface area (Å²) < 4.78 is 0. The molecule has 0 amide bonds. The van der Waals surface area contributed by atoms with Crippen LogP contribution in [0, 0.1) is 0 Å². The van der Waals surface area contributed by atoms with Gasteiger partial charge in [-0.15, -0.1) is 0 Å². The van der Waals surface area contributed by atoms with E-state index in [1.807, 2.05) is 48.5 Å². The zero-order chi connectivity index (χ0) is 63.2. The largest absolute Gasteiger partial charge is 0.338 e. The molecule has 0 unspecified atom stereocenters. The smallest absolute Gasteiger partial charge is 0.138 e. The van der Waals surface area contributed by atoms with Crippen LogP contribution in [-0.2, 0) is 12.8 Å². The summed E-state index contributed by atoms with van der Waals surface area (Å²) in [6, 6.07) is 104. The van der Waals surface area contributed by atoms with Gasteiger partial charge in [-0.05, 0) is 150 Å². The molecule has 17 aromatic rings. The van der Waals surface area contributed by atoms with E-state index in [4.69, 9.17) is 29.9 Å². The molecule has 4 aromatic heterocycles. The number of fused-ring (bicyclic) bond motifs is 6. The number of benzene rings is 13. The fraction of sp³-hybridized carbons (Fsp3) is 0.0233. The van der Waals surface area contributed by atoms with Gasteiger partial charge in [0.1, 0.15) is 23.3 Å². The summed E-state index contributed by atoms with van der Waals surface area (Å²) in [5.41, 5.74) is 32.9. The van der Waals surface area contributed by atoms with Crippen LogP contribution in [0.15, 0.2) is 301 Å². The lowest BCUT2D eigenvalue weighted by Gasteiger charge is -2.29. The van der Waals surface area contributed by atoms with E-state index in [0.29, 0.717) is 0 Å². The maximum absolute atomic E-state index is 5.21. The third kappa shape index (κ3) is 9.57. The second-order valence-corrected chi connectivity index (χ2v) is 24.9. The Balaban J connectivity index is 0.915. The minimum Gasteiger partial charge on any atom is -0.338 e. The van der Waals surface area contributed by atoms with Crippen LogP contribution in [0.5, 0.6) is 0 Å². The van der Waals surface area contributed by atoms with E-state index >= 15 is 0 Å². The summed E-state index contributed by atoms with van der Waals surface area (Å²) in [7, 11) is 0. The van der Waals surface area contributed by atoms with Crippen LogP contribution in [0.2, 0.25) is 0 Å². The van der Waals surface area contributed by atoms with Gasteiger partial charge in [0.2, 0.25) is 0 Å². The molecule has 10 heteroatoms. The molecule has 0 aliphatic carbocycles. The number of nitrogens with zero attached hydrogens (tertiary/aromatic N) is 6. The highest BCUT2D eigenvalue weighted by Crippen LogP contribution is 2.57. The summed E-state index contributed by atoms with van der Waals surface area (Å²) in [5.74, 6) is 3.22. The first kappa shape index (κ1) is 54.8. The Morgan fingerprint density at radius 2 is 0.406 bits per heavy atom. The molecule has 10 nitrogen and oxygen atoms in total. The Kier molecular flexibility index (Phi) is 12.8. The summed E-state index contributed by atoms with van der Waals surface area (Å²) in [4.78, 5) is 45.3. The molecule has 19 rings (SSSR count). The number of H-pyrrole nitrogens is 4. The molecular formula is C86H56N10. The lowest BCUT2D eigenvalue weighted by Crippen LogP contribution is -2.04. The molecule has 0 saturated heterocycles. The Bertz CT molecular complexity index is 5200. The standard InChI is InChI=1S/C86H56N10/c1-3-15-65-63(13-1)49-75(87-65)51-25-29-53(30-26-51)77-79(55-33-41-59(42-34-55)83-89-67-17-5-6-18-68(67)90-83)81(57-37-45-61(46-38-57)85-93-71-21-9-10-22-72(71)94-85)78(54-31-27-52(28-32-54)76-50-64-14-2-4-16-66(64)88-76)82(58-39-47-62(48-40-58)86-95-73-23-11-12-24-74(73)96-86)80(77)56-35-43-60(44-36-56)84-91-69-19-7-8-20-70(69)92-84/h1-48H,49-50H2,(H,89,90)(H,91,92)(H,93,94)(H,95,96). The molecule has 0 atom stereocenters. The van der Waals surface area contributed by atoms with Crippen molar-refractivity contribution in [3.8, 4) is 112 Å². The quantitative estimate of drug-likeness (QED) is 0.0967. The minimum atomic E-state index is 0.761. The monoisotopic (exact) mass is 1230 g/mol. The number of imidazole rings is 4. The molecule has 450 valence electrons. The fourth-order valence-electron chi connectivity index (χ4n) is 14.3. The van der Waals surface area contributed by atoms with Crippen LogP contribution in [0.3, 0.4) is 0 Å². The van der Waals surface area contributed by atoms with Crippen LogP contribution in [0.4, 0.5) is 11.4 Å². The Morgan fingerprint density at radius 3 is 0.646 bits per heavy atom. The van der Waals surface area contributed by atoms with Crippen molar-refractivity contribution in [3.05, 3.63) is 313 Å². The molecule has 0 saturated carbocycles. The van der Waals surface area contributed by atoms with E-state index in [1.165, 1.54) is 11.1 Å². The van der Waals surface area contributed by atoms with E-state index in [2.05, 4.69) is 263 Å². The topological polar surface area (TPSA) is 139 Å². The van der Waals surface area contributed by atoms with Crippen molar-refractivity contribution in [2.75, 3.05) is 0 Å². The number of aliphatic imine (C=N–C) groups is 2. The van der Waals surface area contributed by atoms with Crippen LogP contribution < -0.4 is 0 Å². The van der Waals surface area contributed by atoms with Gasteiger partial charge in [0, 0.05) is 35.1 Å². The van der Waals surface area contributed by atoms with Gasteiger partial charge in [0.15, 0.2) is 0 Å². The molecule has 6 heterocycles. The van der Waals surface area contributed by atoms with Gasteiger partial charge >= 0.3 is 0 Å². The van der Waals surface area contributed by atoms with Gasteiger partial charge < -0.3 is 19.9 Å². The number of aromatic nitrogens is 8. The number of para-hydroxylation sites is 10. The zero-order valence-electron chi connectivity index (χ0n) is 51.8. The van der Waals surface area contributed by atoms with Crippen molar-refractivity contribution < 1.29 is 0 Å². The molecule has 0 radical (unpaired) electrons. The summed E-state index contributed by atoms with van der Waals surface area (Å²) >= 11 is 0. The van der Waals surface area contributed by atoms with E-state index in [-0.39, 0.29) is 0 Å². The maximum Gasteiger partial charge on any atom is 0.138 e. The maximum atomic E-state index is 5.21. The third-order valence-corrected chi connectivity index (χ3v) is 19.1. The summed E-state index contributed by atoms with van der Waals surface area (Å²) in [6.07, 6.45) is 1.52. The van der Waals surface area contributed by atoms with Gasteiger partial charge in [-0.1, -0.05) is 231 Å². The Morgan fingerprint density at radius 1 is 0.198 bits per heavy atom. The van der Waals surface area contributed by atoms with E-state index in [9.17, 15) is 0 Å². The Labute approximate surface area is 552 Å². The second-order valence-electron chi connectivity index (χ2n) is 24.9. The molecule has 0 bridgehead atoms. The zero-order valence-corrected chi connectivity index (χ0v) is 51.8. The van der Waals surface area contributed by atoms with E-state index in [1.54, 1.807) is 0 Å². The molecule has 0 fully saturated rings. The SMILES string of the molecule is c1ccc2c(c1)CC(c1ccc(-c3c(-c4ccc(-c5nc6ccccc6[nH]5)cc4)c(-c4ccc(-c5nc6ccccc6[nH]5)cc4)c(-c4ccc(C5=Nc6ccccc6C5)cc4)c(-c4ccc(-c5nc6ccccc6[nH]5)cc4)c3-c3ccc(-c4nc5ccccc5[nH]4)cc3)cc1)=N2. The van der Waals surface area contributed by atoms with Gasteiger partial charge in [0.05, 0.1) is 66.9 Å². The molecule has 4 N–H and O–H groups in total. The molecular weight excluding hydrogens is 1170 g/mol. The molecule has 2 aliphatic heterocycles. The van der Waals surface area contributed by atoms with Crippen LogP contribution in [0.25, 0.3) is 156 Å². The van der Waals surface area contributed by atoms with Crippen molar-refractivity contribution in [2.24, 2.45) is 9.98 Å². The van der Waals surface area contributed by atoms with Gasteiger partial charge in [-0.25, -0.2) is 19.9 Å². The first-order chi connectivity index (χ1) is 47.5. The highest BCUT2D eigenvalue weighted by molar-refractivity contribution is 6.16. The van der Waals surface area contributed by atoms with Crippen LogP contribution in [0.1, 0.15) is 22.3 Å². The predicted octanol–water partition coefficient (Wildman–Crippen LogP) is 21.2. The predicted molar refractivity (Wildman–Crippen MR) is 392 cm³/mol. The summed E-state index contributed by atoms with van der Waals surface area (Å²) in [5, 5.41) is 0. The first-order valence-corrected chi connectivity index (χ1v) is 32.5. The lowest BCUT2D eigenvalue weighted by molar-refractivity contribution is 1.33. The number of rotatable bonds is 12. The van der Waals surface area contributed by atoms with Crippen molar-refractivity contribution in [2.45, 2.75) is 12.8 Å². The van der Waals surface area contributed by atoms with Crippen molar-refractivity contribution >= 4 is 66.9 Å². The van der Waals surface area contributed by atoms with Gasteiger partial charge in [0.25, 0.3) is 0 Å². The van der Waals surface area contributed by atoms with Crippen molar-refractivity contribution in [1.82, 2.24) is 39.9 Å².